The molecule has 0 spiro atoms. The van der Waals surface area contributed by atoms with Crippen LogP contribution in [0.1, 0.15) is 6.92 Å². The number of aliphatic imine (C=N–C) groups is 1. The highest BCUT2D eigenvalue weighted by Gasteiger charge is 2.00. The van der Waals surface area contributed by atoms with Gasteiger partial charge in [-0.2, -0.15) is 4.99 Å². The first-order valence-electron chi connectivity index (χ1n) is 3.89. The van der Waals surface area contributed by atoms with E-state index in [9.17, 15) is 4.79 Å². The molecule has 0 unspecified atom stereocenters. The Morgan fingerprint density at radius 1 is 1.62 bits per heavy atom. The molecule has 3 nitrogen and oxygen atoms in total. The van der Waals surface area contributed by atoms with Gasteiger partial charge in [0.05, 0.1) is 5.69 Å². The zero-order chi connectivity index (χ0) is 9.68. The SMILES string of the molecule is CCNc1ccc(Cl)cc1N=C=O. The Labute approximate surface area is 81.4 Å². The van der Waals surface area contributed by atoms with Crippen LogP contribution in [-0.2, 0) is 4.79 Å². The Morgan fingerprint density at radius 3 is 3.00 bits per heavy atom. The lowest BCUT2D eigenvalue weighted by Gasteiger charge is -2.05. The van der Waals surface area contributed by atoms with E-state index in [1.54, 1.807) is 18.2 Å². The van der Waals surface area contributed by atoms with E-state index < -0.39 is 0 Å². The molecule has 0 aliphatic heterocycles. The van der Waals surface area contributed by atoms with Gasteiger partial charge in [0.15, 0.2) is 0 Å². The van der Waals surface area contributed by atoms with Crippen LogP contribution in [0, 0.1) is 0 Å². The maximum Gasteiger partial charge on any atom is 0.240 e. The van der Waals surface area contributed by atoms with Gasteiger partial charge in [-0.15, -0.1) is 0 Å². The molecule has 1 aromatic rings. The van der Waals surface area contributed by atoms with Gasteiger partial charge in [-0.3, -0.25) is 0 Å². The number of rotatable bonds is 3. The van der Waals surface area contributed by atoms with Gasteiger partial charge in [-0.25, -0.2) is 4.79 Å². The summed E-state index contributed by atoms with van der Waals surface area (Å²) in [5, 5.41) is 3.61. The fourth-order valence-corrected chi connectivity index (χ4v) is 1.15. The first-order chi connectivity index (χ1) is 6.27. The maximum atomic E-state index is 10.1. The standard InChI is InChI=1S/C9H9ClN2O/c1-2-11-8-4-3-7(10)5-9(8)12-6-13/h3-5,11H,2H2,1H3. The number of carbonyl (C=O) groups excluding carboxylic acids is 1. The van der Waals surface area contributed by atoms with E-state index in [0.29, 0.717) is 10.7 Å². The highest BCUT2D eigenvalue weighted by molar-refractivity contribution is 6.31. The molecule has 0 radical (unpaired) electrons. The van der Waals surface area contributed by atoms with Gasteiger partial charge in [-0.05, 0) is 25.1 Å². The Morgan fingerprint density at radius 2 is 2.38 bits per heavy atom. The summed E-state index contributed by atoms with van der Waals surface area (Å²) >= 11 is 5.74. The highest BCUT2D eigenvalue weighted by Crippen LogP contribution is 2.27. The van der Waals surface area contributed by atoms with Gasteiger partial charge in [0.25, 0.3) is 0 Å². The van der Waals surface area contributed by atoms with E-state index in [4.69, 9.17) is 11.6 Å². The number of isocyanates is 1. The zero-order valence-corrected chi connectivity index (χ0v) is 7.93. The number of nitrogens with one attached hydrogen (secondary N) is 1. The third-order valence-electron chi connectivity index (χ3n) is 1.49. The van der Waals surface area contributed by atoms with E-state index in [1.807, 2.05) is 6.92 Å². The molecule has 1 N–H and O–H groups in total. The molecule has 0 saturated heterocycles. The Hall–Kier alpha value is -1.31. The lowest BCUT2D eigenvalue weighted by atomic mass is 10.2. The minimum absolute atomic E-state index is 0.518. The van der Waals surface area contributed by atoms with Crippen molar-refractivity contribution in [2.75, 3.05) is 11.9 Å². The minimum Gasteiger partial charge on any atom is -0.384 e. The fraction of sp³-hybridized carbons (Fsp3) is 0.222. The summed E-state index contributed by atoms with van der Waals surface area (Å²) in [4.78, 5) is 13.6. The van der Waals surface area contributed by atoms with Crippen molar-refractivity contribution >= 4 is 29.1 Å². The molecule has 0 heterocycles. The van der Waals surface area contributed by atoms with Crippen molar-refractivity contribution in [3.05, 3.63) is 23.2 Å². The average Bonchev–Trinajstić information content (AvgIpc) is 2.10. The van der Waals surface area contributed by atoms with Crippen LogP contribution in [0.2, 0.25) is 5.02 Å². The van der Waals surface area contributed by atoms with Crippen LogP contribution in [0.15, 0.2) is 23.2 Å². The van der Waals surface area contributed by atoms with E-state index in [-0.39, 0.29) is 0 Å². The molecule has 4 heteroatoms. The molecule has 13 heavy (non-hydrogen) atoms. The van der Waals surface area contributed by atoms with Gasteiger partial charge in [0.1, 0.15) is 5.69 Å². The molecule has 0 aromatic heterocycles. The predicted octanol–water partition coefficient (Wildman–Crippen LogP) is 2.74. The zero-order valence-electron chi connectivity index (χ0n) is 7.17. The van der Waals surface area contributed by atoms with E-state index in [0.717, 1.165) is 12.2 Å². The average molecular weight is 197 g/mol. The van der Waals surface area contributed by atoms with E-state index in [1.165, 1.54) is 6.08 Å². The summed E-state index contributed by atoms with van der Waals surface area (Å²) in [7, 11) is 0. The molecular formula is C9H9ClN2O. The van der Waals surface area contributed by atoms with Crippen LogP contribution in [0.25, 0.3) is 0 Å². The third-order valence-corrected chi connectivity index (χ3v) is 1.73. The van der Waals surface area contributed by atoms with Gasteiger partial charge in [0.2, 0.25) is 6.08 Å². The second-order valence-electron chi connectivity index (χ2n) is 2.39. The monoisotopic (exact) mass is 196 g/mol. The number of hydrogen-bond donors (Lipinski definition) is 1. The topological polar surface area (TPSA) is 41.5 Å². The first-order valence-corrected chi connectivity index (χ1v) is 4.27. The maximum absolute atomic E-state index is 10.1. The number of anilines is 1. The van der Waals surface area contributed by atoms with Crippen molar-refractivity contribution in [2.24, 2.45) is 4.99 Å². The number of hydrogen-bond acceptors (Lipinski definition) is 3. The van der Waals surface area contributed by atoms with Crippen LogP contribution in [-0.4, -0.2) is 12.6 Å². The molecule has 0 amide bonds. The lowest BCUT2D eigenvalue weighted by molar-refractivity contribution is 0.565. The molecule has 1 aromatic carbocycles. The molecule has 0 atom stereocenters. The van der Waals surface area contributed by atoms with Crippen molar-refractivity contribution in [3.63, 3.8) is 0 Å². The van der Waals surface area contributed by atoms with Crippen LogP contribution in [0.3, 0.4) is 0 Å². The smallest absolute Gasteiger partial charge is 0.240 e. The van der Waals surface area contributed by atoms with Crippen molar-refractivity contribution in [2.45, 2.75) is 6.92 Å². The van der Waals surface area contributed by atoms with Crippen LogP contribution in [0.5, 0.6) is 0 Å². The third kappa shape index (κ3) is 2.58. The van der Waals surface area contributed by atoms with Crippen molar-refractivity contribution in [1.82, 2.24) is 0 Å². The summed E-state index contributed by atoms with van der Waals surface area (Å²) in [5.74, 6) is 0. The van der Waals surface area contributed by atoms with E-state index >= 15 is 0 Å². The molecule has 0 bridgehead atoms. The Balaban J connectivity index is 3.10. The Kier molecular flexibility index (Phi) is 3.50. The van der Waals surface area contributed by atoms with Gasteiger partial charge >= 0.3 is 0 Å². The molecule has 0 saturated carbocycles. The molecule has 0 fully saturated rings. The highest BCUT2D eigenvalue weighted by atomic mass is 35.5. The van der Waals surface area contributed by atoms with Crippen molar-refractivity contribution in [3.8, 4) is 0 Å². The first kappa shape index (κ1) is 9.78. The summed E-state index contributed by atoms with van der Waals surface area (Å²) in [6.07, 6.45) is 1.49. The lowest BCUT2D eigenvalue weighted by Crippen LogP contribution is -1.96. The second kappa shape index (κ2) is 4.65. The van der Waals surface area contributed by atoms with Crippen LogP contribution in [0.4, 0.5) is 11.4 Å². The Bertz CT molecular complexity index is 345. The summed E-state index contributed by atoms with van der Waals surface area (Å²) in [6, 6.07) is 5.13. The van der Waals surface area contributed by atoms with Gasteiger partial charge in [0, 0.05) is 11.6 Å². The number of nitrogens with zero attached hydrogens (tertiary/aromatic N) is 1. The molecule has 0 aliphatic rings. The summed E-state index contributed by atoms with van der Waals surface area (Å²) < 4.78 is 0. The molecule has 0 aliphatic carbocycles. The van der Waals surface area contributed by atoms with Crippen LogP contribution >= 0.6 is 11.6 Å². The van der Waals surface area contributed by atoms with E-state index in [2.05, 4.69) is 10.3 Å². The quantitative estimate of drug-likeness (QED) is 0.597. The summed E-state index contributed by atoms with van der Waals surface area (Å²) in [6.45, 7) is 2.73. The second-order valence-corrected chi connectivity index (χ2v) is 2.83. The molecule has 1 rings (SSSR count). The molecular weight excluding hydrogens is 188 g/mol. The minimum atomic E-state index is 0.518. The number of halogens is 1. The van der Waals surface area contributed by atoms with Gasteiger partial charge < -0.3 is 5.32 Å². The summed E-state index contributed by atoms with van der Waals surface area (Å²) in [5.41, 5.74) is 1.31. The predicted molar refractivity (Wildman–Crippen MR) is 53.4 cm³/mol. The normalized spacial score (nSPS) is 9.08. The number of benzene rings is 1. The van der Waals surface area contributed by atoms with Crippen molar-refractivity contribution in [1.29, 1.82) is 0 Å². The van der Waals surface area contributed by atoms with Crippen LogP contribution < -0.4 is 5.32 Å². The molecule has 68 valence electrons. The van der Waals surface area contributed by atoms with Gasteiger partial charge in [-0.1, -0.05) is 11.6 Å². The largest absolute Gasteiger partial charge is 0.384 e. The fourth-order valence-electron chi connectivity index (χ4n) is 0.986. The van der Waals surface area contributed by atoms with Crippen molar-refractivity contribution < 1.29 is 4.79 Å².